The van der Waals surface area contributed by atoms with Crippen LogP contribution in [0.5, 0.6) is 0 Å². The first-order chi connectivity index (χ1) is 11.7. The molecule has 0 saturated carbocycles. The molecule has 0 spiro atoms. The molecule has 1 aliphatic rings. The van der Waals surface area contributed by atoms with Gasteiger partial charge in [0, 0.05) is 18.7 Å². The van der Waals surface area contributed by atoms with E-state index < -0.39 is 29.9 Å². The number of esters is 1. The minimum atomic E-state index is -1.18. The van der Waals surface area contributed by atoms with Crippen LogP contribution < -0.4 is 16.0 Å². The van der Waals surface area contributed by atoms with Crippen LogP contribution in [0.25, 0.3) is 0 Å². The van der Waals surface area contributed by atoms with E-state index in [2.05, 4.69) is 0 Å². The highest BCUT2D eigenvalue weighted by Gasteiger charge is 2.37. The zero-order valence-electron chi connectivity index (χ0n) is 14.4. The first-order valence-corrected chi connectivity index (χ1v) is 7.88. The van der Waals surface area contributed by atoms with Crippen molar-refractivity contribution in [2.24, 2.45) is 11.7 Å². The molecule has 1 aromatic carbocycles. The summed E-state index contributed by atoms with van der Waals surface area (Å²) in [6.07, 6.45) is -1.17. The summed E-state index contributed by atoms with van der Waals surface area (Å²) in [6, 6.07) is 4.61. The number of nitrogens with two attached hydrogens (primary N) is 1. The summed E-state index contributed by atoms with van der Waals surface area (Å²) in [5.41, 5.74) is 7.63. The first kappa shape index (κ1) is 18.4. The van der Waals surface area contributed by atoms with E-state index in [4.69, 9.17) is 10.5 Å². The van der Waals surface area contributed by atoms with E-state index in [-0.39, 0.29) is 18.9 Å². The number of rotatable bonds is 4. The lowest BCUT2D eigenvalue weighted by atomic mass is 10.1. The van der Waals surface area contributed by atoms with Crippen LogP contribution in [0.4, 0.5) is 10.5 Å². The van der Waals surface area contributed by atoms with Crippen molar-refractivity contribution in [3.8, 4) is 0 Å². The summed E-state index contributed by atoms with van der Waals surface area (Å²) in [5, 5.41) is 1.84. The lowest BCUT2D eigenvalue weighted by molar-refractivity contribution is -0.158. The van der Waals surface area contributed by atoms with Crippen molar-refractivity contribution in [3.63, 3.8) is 0 Å². The maximum absolute atomic E-state index is 12.3. The van der Waals surface area contributed by atoms with Crippen molar-refractivity contribution in [1.29, 1.82) is 0 Å². The van der Waals surface area contributed by atoms with Crippen LogP contribution in [0.3, 0.4) is 0 Å². The van der Waals surface area contributed by atoms with Gasteiger partial charge in [-0.2, -0.15) is 0 Å². The van der Waals surface area contributed by atoms with Crippen molar-refractivity contribution in [3.05, 3.63) is 29.3 Å². The Morgan fingerprint density at radius 1 is 1.32 bits per heavy atom. The molecule has 0 aromatic heterocycles. The van der Waals surface area contributed by atoms with Gasteiger partial charge in [-0.05, 0) is 38.0 Å². The lowest BCUT2D eigenvalue weighted by Gasteiger charge is -2.20. The smallest absolute Gasteiger partial charge is 0.318 e. The Labute approximate surface area is 145 Å². The standard InChI is InChI=1S/C17H21N3O5/c1-9-5-4-6-13(10(9)2)20-8-12(7-14(20)21)16(23)25-11(3)15(22)19-17(18)24/h4-6,11-12H,7-8H2,1-3H3,(H3,18,19,22,24)/t11-,12-/m1/s1. The third-order valence-electron chi connectivity index (χ3n) is 4.23. The average molecular weight is 347 g/mol. The molecule has 1 fully saturated rings. The number of primary amides is 1. The van der Waals surface area contributed by atoms with E-state index in [0.29, 0.717) is 0 Å². The van der Waals surface area contributed by atoms with Crippen LogP contribution in [-0.2, 0) is 19.1 Å². The van der Waals surface area contributed by atoms with Crippen molar-refractivity contribution in [2.75, 3.05) is 11.4 Å². The van der Waals surface area contributed by atoms with Gasteiger partial charge in [0.25, 0.3) is 5.91 Å². The molecular weight excluding hydrogens is 326 g/mol. The summed E-state index contributed by atoms with van der Waals surface area (Å²) in [5.74, 6) is -2.31. The Hall–Kier alpha value is -2.90. The summed E-state index contributed by atoms with van der Waals surface area (Å²) >= 11 is 0. The molecule has 1 aliphatic heterocycles. The van der Waals surface area contributed by atoms with Crippen molar-refractivity contribution < 1.29 is 23.9 Å². The monoisotopic (exact) mass is 347 g/mol. The average Bonchev–Trinajstić information content (AvgIpc) is 2.91. The molecule has 0 unspecified atom stereocenters. The van der Waals surface area contributed by atoms with Crippen LogP contribution >= 0.6 is 0 Å². The van der Waals surface area contributed by atoms with Gasteiger partial charge in [-0.1, -0.05) is 12.1 Å². The van der Waals surface area contributed by atoms with E-state index in [1.54, 1.807) is 4.90 Å². The van der Waals surface area contributed by atoms with Gasteiger partial charge in [-0.3, -0.25) is 19.7 Å². The number of imide groups is 1. The van der Waals surface area contributed by atoms with Gasteiger partial charge in [-0.15, -0.1) is 0 Å². The van der Waals surface area contributed by atoms with E-state index in [0.717, 1.165) is 16.8 Å². The number of aryl methyl sites for hydroxylation is 1. The summed E-state index contributed by atoms with van der Waals surface area (Å²) < 4.78 is 5.05. The number of benzene rings is 1. The highest BCUT2D eigenvalue weighted by molar-refractivity contribution is 6.01. The Morgan fingerprint density at radius 2 is 2.00 bits per heavy atom. The number of carbonyl (C=O) groups is 4. The normalized spacial score (nSPS) is 18.0. The number of nitrogens with zero attached hydrogens (tertiary/aromatic N) is 1. The molecule has 0 bridgehead atoms. The number of urea groups is 1. The van der Waals surface area contributed by atoms with Crippen LogP contribution in [0.2, 0.25) is 0 Å². The second kappa shape index (κ2) is 7.33. The number of ether oxygens (including phenoxy) is 1. The third kappa shape index (κ3) is 4.14. The zero-order chi connectivity index (χ0) is 18.7. The first-order valence-electron chi connectivity index (χ1n) is 7.88. The van der Waals surface area contributed by atoms with Gasteiger partial charge in [0.1, 0.15) is 0 Å². The molecule has 2 atom stereocenters. The molecule has 134 valence electrons. The molecule has 25 heavy (non-hydrogen) atoms. The molecule has 0 aliphatic carbocycles. The van der Waals surface area contributed by atoms with E-state index in [9.17, 15) is 19.2 Å². The van der Waals surface area contributed by atoms with Crippen LogP contribution in [-0.4, -0.2) is 36.5 Å². The van der Waals surface area contributed by atoms with Gasteiger partial charge >= 0.3 is 12.0 Å². The molecular formula is C17H21N3O5. The molecule has 4 amide bonds. The lowest BCUT2D eigenvalue weighted by Crippen LogP contribution is -2.42. The summed E-state index contributed by atoms with van der Waals surface area (Å²) in [6.45, 7) is 5.38. The second-order valence-electron chi connectivity index (χ2n) is 6.06. The van der Waals surface area contributed by atoms with E-state index >= 15 is 0 Å². The van der Waals surface area contributed by atoms with E-state index in [1.807, 2.05) is 37.4 Å². The number of carbonyl (C=O) groups excluding carboxylic acids is 4. The maximum Gasteiger partial charge on any atom is 0.318 e. The SMILES string of the molecule is Cc1cccc(N2C[C@H](C(=O)O[C@H](C)C(=O)NC(N)=O)CC2=O)c1C. The van der Waals surface area contributed by atoms with Gasteiger partial charge < -0.3 is 15.4 Å². The fraction of sp³-hybridized carbons (Fsp3) is 0.412. The van der Waals surface area contributed by atoms with Gasteiger partial charge in [-0.25, -0.2) is 4.79 Å². The number of hydrogen-bond acceptors (Lipinski definition) is 5. The predicted molar refractivity (Wildman–Crippen MR) is 89.7 cm³/mol. The Kier molecular flexibility index (Phi) is 5.41. The highest BCUT2D eigenvalue weighted by atomic mass is 16.5. The Morgan fingerprint density at radius 3 is 2.64 bits per heavy atom. The fourth-order valence-corrected chi connectivity index (χ4v) is 2.67. The molecule has 3 N–H and O–H groups in total. The summed E-state index contributed by atoms with van der Waals surface area (Å²) in [4.78, 5) is 48.3. The fourth-order valence-electron chi connectivity index (χ4n) is 2.67. The Bertz CT molecular complexity index is 731. The predicted octanol–water partition coefficient (Wildman–Crippen LogP) is 0.783. The second-order valence-corrected chi connectivity index (χ2v) is 6.06. The molecule has 1 heterocycles. The minimum Gasteiger partial charge on any atom is -0.452 e. The van der Waals surface area contributed by atoms with Crippen LogP contribution in [0, 0.1) is 19.8 Å². The molecule has 2 rings (SSSR count). The topological polar surface area (TPSA) is 119 Å². The largest absolute Gasteiger partial charge is 0.452 e. The van der Waals surface area contributed by atoms with E-state index in [1.165, 1.54) is 6.92 Å². The van der Waals surface area contributed by atoms with Gasteiger partial charge in [0.2, 0.25) is 5.91 Å². The maximum atomic E-state index is 12.3. The van der Waals surface area contributed by atoms with Gasteiger partial charge in [0.15, 0.2) is 6.10 Å². The van der Waals surface area contributed by atoms with Crippen molar-refractivity contribution in [2.45, 2.75) is 33.3 Å². The highest BCUT2D eigenvalue weighted by Crippen LogP contribution is 2.30. The van der Waals surface area contributed by atoms with Crippen molar-refractivity contribution in [1.82, 2.24) is 5.32 Å². The third-order valence-corrected chi connectivity index (χ3v) is 4.23. The summed E-state index contributed by atoms with van der Waals surface area (Å²) in [7, 11) is 0. The number of nitrogens with one attached hydrogen (secondary N) is 1. The molecule has 1 aromatic rings. The number of hydrogen-bond donors (Lipinski definition) is 2. The number of amides is 4. The molecule has 1 saturated heterocycles. The minimum absolute atomic E-state index is 0.0103. The molecule has 8 heteroatoms. The molecule has 0 radical (unpaired) electrons. The molecule has 8 nitrogen and oxygen atoms in total. The quantitative estimate of drug-likeness (QED) is 0.780. The van der Waals surface area contributed by atoms with Gasteiger partial charge in [0.05, 0.1) is 5.92 Å². The van der Waals surface area contributed by atoms with Crippen molar-refractivity contribution >= 4 is 29.5 Å². The van der Waals surface area contributed by atoms with Crippen LogP contribution in [0.15, 0.2) is 18.2 Å². The van der Waals surface area contributed by atoms with Crippen LogP contribution in [0.1, 0.15) is 24.5 Å². The number of anilines is 1. The zero-order valence-corrected chi connectivity index (χ0v) is 14.4. The Balaban J connectivity index is 2.04.